The molecule has 0 saturated carbocycles. The summed E-state index contributed by atoms with van der Waals surface area (Å²) in [6.07, 6.45) is 0.853. The predicted octanol–water partition coefficient (Wildman–Crippen LogP) is -0.127. The lowest BCUT2D eigenvalue weighted by molar-refractivity contribution is -0.130. The van der Waals surface area contributed by atoms with Gasteiger partial charge in [-0.25, -0.2) is 0 Å². The molecule has 2 atom stereocenters. The molecule has 1 rings (SSSR count). The molecular weight excluding hydrogens is 218 g/mol. The van der Waals surface area contributed by atoms with E-state index in [0.717, 1.165) is 13.0 Å². The molecule has 5 heteroatoms. The lowest BCUT2D eigenvalue weighted by Crippen LogP contribution is -2.47. The molecule has 3 N–H and O–H groups in total. The fraction of sp³-hybridized carbons (Fsp3) is 0.833. The van der Waals surface area contributed by atoms with Crippen LogP contribution in [0.25, 0.3) is 0 Å². The maximum Gasteiger partial charge on any atom is 0.242 e. The monoisotopic (exact) mass is 241 g/mol. The van der Waals surface area contributed by atoms with Crippen molar-refractivity contribution in [2.24, 2.45) is 11.8 Å². The zero-order valence-electron chi connectivity index (χ0n) is 10.9. The van der Waals surface area contributed by atoms with E-state index in [0.29, 0.717) is 19.0 Å². The van der Waals surface area contributed by atoms with Crippen molar-refractivity contribution < 1.29 is 9.59 Å². The molecule has 2 unspecified atom stereocenters. The van der Waals surface area contributed by atoms with Crippen LogP contribution in [0.5, 0.6) is 0 Å². The van der Waals surface area contributed by atoms with Crippen LogP contribution in [0.3, 0.4) is 0 Å². The SMILES string of the molecule is CC(C)CNC(=O)C(C)NC(=O)C1CCNC1. The Morgan fingerprint density at radius 3 is 2.59 bits per heavy atom. The molecule has 0 radical (unpaired) electrons. The second-order valence-electron chi connectivity index (χ2n) is 5.06. The maximum atomic E-state index is 11.8. The second-order valence-corrected chi connectivity index (χ2v) is 5.06. The number of nitrogens with one attached hydrogen (secondary N) is 3. The van der Waals surface area contributed by atoms with E-state index in [1.807, 2.05) is 13.8 Å². The Hall–Kier alpha value is -1.10. The van der Waals surface area contributed by atoms with Crippen molar-refractivity contribution >= 4 is 11.8 Å². The Morgan fingerprint density at radius 2 is 2.06 bits per heavy atom. The van der Waals surface area contributed by atoms with Gasteiger partial charge in [0.15, 0.2) is 0 Å². The van der Waals surface area contributed by atoms with Crippen LogP contribution in [0.1, 0.15) is 27.2 Å². The Balaban J connectivity index is 2.29. The van der Waals surface area contributed by atoms with Crippen molar-refractivity contribution in [3.05, 3.63) is 0 Å². The van der Waals surface area contributed by atoms with E-state index >= 15 is 0 Å². The zero-order chi connectivity index (χ0) is 12.8. The third-order valence-corrected chi connectivity index (χ3v) is 2.87. The maximum absolute atomic E-state index is 11.8. The largest absolute Gasteiger partial charge is 0.354 e. The van der Waals surface area contributed by atoms with E-state index in [9.17, 15) is 9.59 Å². The van der Waals surface area contributed by atoms with Crippen LogP contribution in [0.2, 0.25) is 0 Å². The van der Waals surface area contributed by atoms with Gasteiger partial charge in [0.1, 0.15) is 6.04 Å². The summed E-state index contributed by atoms with van der Waals surface area (Å²) in [6, 6.07) is -0.457. The third kappa shape index (κ3) is 4.73. The van der Waals surface area contributed by atoms with Crippen LogP contribution in [-0.4, -0.2) is 37.5 Å². The molecule has 98 valence electrons. The molecular formula is C12H23N3O2. The third-order valence-electron chi connectivity index (χ3n) is 2.87. The average molecular weight is 241 g/mol. The lowest BCUT2D eigenvalue weighted by atomic mass is 10.1. The molecule has 1 aliphatic rings. The molecule has 1 heterocycles. The van der Waals surface area contributed by atoms with Gasteiger partial charge in [-0.3, -0.25) is 9.59 Å². The minimum absolute atomic E-state index is 0.00958. The standard InChI is InChI=1S/C12H23N3O2/c1-8(2)6-14-11(16)9(3)15-12(17)10-4-5-13-7-10/h8-10,13H,4-7H2,1-3H3,(H,14,16)(H,15,17). The first kappa shape index (κ1) is 14.0. The quantitative estimate of drug-likeness (QED) is 0.628. The van der Waals surface area contributed by atoms with Crippen LogP contribution >= 0.6 is 0 Å². The molecule has 0 aliphatic carbocycles. The smallest absolute Gasteiger partial charge is 0.242 e. The zero-order valence-corrected chi connectivity index (χ0v) is 10.9. The van der Waals surface area contributed by atoms with Gasteiger partial charge in [0, 0.05) is 13.1 Å². The first-order valence-electron chi connectivity index (χ1n) is 6.29. The van der Waals surface area contributed by atoms with Gasteiger partial charge in [0.05, 0.1) is 5.92 Å². The topological polar surface area (TPSA) is 70.2 Å². The Morgan fingerprint density at radius 1 is 1.35 bits per heavy atom. The Labute approximate surface area is 103 Å². The van der Waals surface area contributed by atoms with Crippen molar-refractivity contribution in [2.75, 3.05) is 19.6 Å². The summed E-state index contributed by atoms with van der Waals surface area (Å²) in [5.74, 6) is 0.288. The first-order chi connectivity index (χ1) is 8.00. The minimum atomic E-state index is -0.457. The second kappa shape index (κ2) is 6.59. The highest BCUT2D eigenvalue weighted by Gasteiger charge is 2.25. The summed E-state index contributed by atoms with van der Waals surface area (Å²) in [7, 11) is 0. The molecule has 0 aromatic carbocycles. The van der Waals surface area contributed by atoms with E-state index < -0.39 is 6.04 Å². The molecule has 5 nitrogen and oxygen atoms in total. The molecule has 17 heavy (non-hydrogen) atoms. The average Bonchev–Trinajstić information content (AvgIpc) is 2.78. The predicted molar refractivity (Wildman–Crippen MR) is 66.4 cm³/mol. The van der Waals surface area contributed by atoms with Crippen LogP contribution in [0.15, 0.2) is 0 Å². The summed E-state index contributed by atoms with van der Waals surface area (Å²) in [5, 5.41) is 8.70. The summed E-state index contributed by atoms with van der Waals surface area (Å²) >= 11 is 0. The highest BCUT2D eigenvalue weighted by atomic mass is 16.2. The fourth-order valence-corrected chi connectivity index (χ4v) is 1.73. The van der Waals surface area contributed by atoms with Crippen molar-refractivity contribution in [3.63, 3.8) is 0 Å². The van der Waals surface area contributed by atoms with Crippen molar-refractivity contribution in [1.29, 1.82) is 0 Å². The van der Waals surface area contributed by atoms with E-state index in [1.165, 1.54) is 0 Å². The van der Waals surface area contributed by atoms with Crippen LogP contribution in [0, 0.1) is 11.8 Å². The van der Waals surface area contributed by atoms with Gasteiger partial charge < -0.3 is 16.0 Å². The van der Waals surface area contributed by atoms with Crippen molar-refractivity contribution in [2.45, 2.75) is 33.2 Å². The summed E-state index contributed by atoms with van der Waals surface area (Å²) < 4.78 is 0. The molecule has 0 spiro atoms. The number of hydrogen-bond acceptors (Lipinski definition) is 3. The number of carbonyl (C=O) groups is 2. The highest BCUT2D eigenvalue weighted by molar-refractivity contribution is 5.88. The summed E-state index contributed by atoms with van der Waals surface area (Å²) in [5.41, 5.74) is 0. The van der Waals surface area contributed by atoms with Gasteiger partial charge in [0.2, 0.25) is 11.8 Å². The molecule has 0 aromatic heterocycles. The number of amides is 2. The van der Waals surface area contributed by atoms with Gasteiger partial charge >= 0.3 is 0 Å². The molecule has 0 aromatic rings. The number of rotatable bonds is 5. The van der Waals surface area contributed by atoms with Crippen LogP contribution in [0.4, 0.5) is 0 Å². The number of hydrogen-bond donors (Lipinski definition) is 3. The lowest BCUT2D eigenvalue weighted by Gasteiger charge is -2.17. The molecule has 1 saturated heterocycles. The van der Waals surface area contributed by atoms with E-state index in [2.05, 4.69) is 16.0 Å². The van der Waals surface area contributed by atoms with Crippen LogP contribution < -0.4 is 16.0 Å². The molecule has 1 aliphatic heterocycles. The van der Waals surface area contributed by atoms with E-state index in [4.69, 9.17) is 0 Å². The van der Waals surface area contributed by atoms with E-state index in [1.54, 1.807) is 6.92 Å². The van der Waals surface area contributed by atoms with Gasteiger partial charge in [-0.05, 0) is 25.8 Å². The van der Waals surface area contributed by atoms with Gasteiger partial charge in [-0.2, -0.15) is 0 Å². The molecule has 1 fully saturated rings. The molecule has 2 amide bonds. The highest BCUT2D eigenvalue weighted by Crippen LogP contribution is 2.07. The summed E-state index contributed by atoms with van der Waals surface area (Å²) in [4.78, 5) is 23.4. The first-order valence-corrected chi connectivity index (χ1v) is 6.29. The van der Waals surface area contributed by atoms with Crippen molar-refractivity contribution in [1.82, 2.24) is 16.0 Å². The molecule has 0 bridgehead atoms. The summed E-state index contributed by atoms with van der Waals surface area (Å²) in [6.45, 7) is 8.03. The minimum Gasteiger partial charge on any atom is -0.354 e. The Bertz CT molecular complexity index is 273. The van der Waals surface area contributed by atoms with Gasteiger partial charge in [-0.1, -0.05) is 13.8 Å². The normalized spacial score (nSPS) is 21.3. The van der Waals surface area contributed by atoms with Gasteiger partial charge in [-0.15, -0.1) is 0 Å². The Kier molecular flexibility index (Phi) is 5.41. The van der Waals surface area contributed by atoms with E-state index in [-0.39, 0.29) is 17.7 Å². The fourth-order valence-electron chi connectivity index (χ4n) is 1.73. The van der Waals surface area contributed by atoms with Gasteiger partial charge in [0.25, 0.3) is 0 Å². The van der Waals surface area contributed by atoms with Crippen molar-refractivity contribution in [3.8, 4) is 0 Å². The number of carbonyl (C=O) groups excluding carboxylic acids is 2. The van der Waals surface area contributed by atoms with Crippen LogP contribution in [-0.2, 0) is 9.59 Å².